The number of hydrogen-bond acceptors (Lipinski definition) is 4. The second-order valence-electron chi connectivity index (χ2n) is 3.28. The van der Waals surface area contributed by atoms with Gasteiger partial charge in [0.1, 0.15) is 0 Å². The zero-order valence-corrected chi connectivity index (χ0v) is 8.67. The summed E-state index contributed by atoms with van der Waals surface area (Å²) >= 11 is 0. The third-order valence-corrected chi connectivity index (χ3v) is 3.96. The van der Waals surface area contributed by atoms with Crippen molar-refractivity contribution in [3.05, 3.63) is 18.5 Å². The highest BCUT2D eigenvalue weighted by Crippen LogP contribution is 2.14. The van der Waals surface area contributed by atoms with Crippen molar-refractivity contribution in [1.29, 1.82) is 0 Å². The molecular weight excluding hydrogens is 198 g/mol. The minimum absolute atomic E-state index is 0.221. The average molecular weight is 211 g/mol. The lowest BCUT2D eigenvalue weighted by Gasteiger charge is -2.20. The lowest BCUT2D eigenvalue weighted by Crippen LogP contribution is -2.33. The Labute approximate surface area is 85.6 Å². The largest absolute Gasteiger partial charge is 0.317 e. The molecule has 1 N–H and O–H groups in total. The third-order valence-electron chi connectivity index (χ3n) is 2.31. The van der Waals surface area contributed by atoms with Crippen LogP contribution in [0.2, 0.25) is 0 Å². The van der Waals surface area contributed by atoms with E-state index in [-0.39, 0.29) is 5.25 Å². The van der Waals surface area contributed by atoms with Crippen LogP contribution in [-0.4, -0.2) is 32.5 Å². The summed E-state index contributed by atoms with van der Waals surface area (Å²) in [6.45, 7) is 1.90. The van der Waals surface area contributed by atoms with Gasteiger partial charge in [-0.1, -0.05) is 0 Å². The number of nitrogens with one attached hydrogen (secondary N) is 1. The number of aromatic nitrogens is 2. The van der Waals surface area contributed by atoms with Crippen LogP contribution in [0.15, 0.2) is 23.6 Å². The highest BCUT2D eigenvalue weighted by Gasteiger charge is 2.22. The van der Waals surface area contributed by atoms with Crippen molar-refractivity contribution < 1.29 is 4.21 Å². The number of piperidine rings is 1. The Balaban J connectivity index is 2.07. The maximum absolute atomic E-state index is 12.0. The SMILES string of the molecule is O=[S@](c1ncccn1)C1CCNCC1. The van der Waals surface area contributed by atoms with Crippen LogP contribution in [0.4, 0.5) is 0 Å². The molecule has 0 bridgehead atoms. The molecule has 1 aliphatic rings. The Morgan fingerprint density at radius 1 is 1.29 bits per heavy atom. The van der Waals surface area contributed by atoms with Gasteiger partial charge in [-0.3, -0.25) is 4.21 Å². The van der Waals surface area contributed by atoms with Gasteiger partial charge >= 0.3 is 0 Å². The molecule has 2 rings (SSSR count). The zero-order chi connectivity index (χ0) is 9.80. The van der Waals surface area contributed by atoms with Crippen LogP contribution in [-0.2, 0) is 10.8 Å². The first-order valence-corrected chi connectivity index (χ1v) is 5.97. The van der Waals surface area contributed by atoms with E-state index in [9.17, 15) is 4.21 Å². The molecule has 0 unspecified atom stereocenters. The van der Waals surface area contributed by atoms with E-state index in [1.165, 1.54) is 0 Å². The minimum Gasteiger partial charge on any atom is -0.317 e. The molecule has 4 nitrogen and oxygen atoms in total. The van der Waals surface area contributed by atoms with Crippen molar-refractivity contribution in [2.24, 2.45) is 0 Å². The van der Waals surface area contributed by atoms with E-state index in [0.717, 1.165) is 25.9 Å². The predicted octanol–water partition coefficient (Wildman–Crippen LogP) is 0.336. The van der Waals surface area contributed by atoms with Crippen LogP contribution in [0.1, 0.15) is 12.8 Å². The number of rotatable bonds is 2. The topological polar surface area (TPSA) is 54.9 Å². The van der Waals surface area contributed by atoms with E-state index in [0.29, 0.717) is 5.16 Å². The van der Waals surface area contributed by atoms with E-state index < -0.39 is 10.8 Å². The Morgan fingerprint density at radius 2 is 1.93 bits per heavy atom. The van der Waals surface area contributed by atoms with Crippen LogP contribution in [0.3, 0.4) is 0 Å². The van der Waals surface area contributed by atoms with Crippen molar-refractivity contribution in [1.82, 2.24) is 15.3 Å². The fourth-order valence-electron chi connectivity index (χ4n) is 1.55. The van der Waals surface area contributed by atoms with E-state index in [4.69, 9.17) is 0 Å². The molecule has 1 aliphatic heterocycles. The molecule has 1 aromatic rings. The molecule has 0 saturated carbocycles. The van der Waals surface area contributed by atoms with Crippen LogP contribution in [0.5, 0.6) is 0 Å². The second-order valence-corrected chi connectivity index (χ2v) is 4.90. The van der Waals surface area contributed by atoms with Crippen molar-refractivity contribution in [3.63, 3.8) is 0 Å². The maximum Gasteiger partial charge on any atom is 0.218 e. The molecule has 1 saturated heterocycles. The molecule has 1 fully saturated rings. The second kappa shape index (κ2) is 4.61. The Bertz CT molecular complexity index is 311. The molecule has 76 valence electrons. The van der Waals surface area contributed by atoms with Crippen molar-refractivity contribution >= 4 is 10.8 Å². The monoisotopic (exact) mass is 211 g/mol. The normalized spacial score (nSPS) is 20.6. The number of hydrogen-bond donors (Lipinski definition) is 1. The van der Waals surface area contributed by atoms with Crippen molar-refractivity contribution in [3.8, 4) is 0 Å². The lowest BCUT2D eigenvalue weighted by atomic mass is 10.2. The molecule has 0 amide bonds. The highest BCUT2D eigenvalue weighted by molar-refractivity contribution is 7.85. The van der Waals surface area contributed by atoms with Gasteiger partial charge in [0, 0.05) is 17.6 Å². The molecule has 0 radical (unpaired) electrons. The molecule has 0 aromatic carbocycles. The van der Waals surface area contributed by atoms with Gasteiger partial charge < -0.3 is 5.32 Å². The first-order valence-electron chi connectivity index (χ1n) is 4.76. The van der Waals surface area contributed by atoms with Gasteiger partial charge in [-0.05, 0) is 32.0 Å². The van der Waals surface area contributed by atoms with Gasteiger partial charge in [0.2, 0.25) is 5.16 Å². The lowest BCUT2D eigenvalue weighted by molar-refractivity contribution is 0.517. The predicted molar refractivity (Wildman–Crippen MR) is 54.3 cm³/mol. The first-order chi connectivity index (χ1) is 6.88. The first kappa shape index (κ1) is 9.73. The summed E-state index contributed by atoms with van der Waals surface area (Å²) in [5.74, 6) is 0. The smallest absolute Gasteiger partial charge is 0.218 e. The van der Waals surface area contributed by atoms with E-state index in [1.807, 2.05) is 0 Å². The Hall–Kier alpha value is -0.810. The van der Waals surface area contributed by atoms with Crippen LogP contribution in [0, 0.1) is 0 Å². The Kier molecular flexibility index (Phi) is 3.21. The molecule has 1 atom stereocenters. The third kappa shape index (κ3) is 2.16. The van der Waals surface area contributed by atoms with Gasteiger partial charge in [-0.25, -0.2) is 9.97 Å². The molecule has 1 aromatic heterocycles. The van der Waals surface area contributed by atoms with Crippen LogP contribution in [0.25, 0.3) is 0 Å². The summed E-state index contributed by atoms with van der Waals surface area (Å²) in [5.41, 5.74) is 0. The van der Waals surface area contributed by atoms with E-state index in [2.05, 4.69) is 15.3 Å². The fraction of sp³-hybridized carbons (Fsp3) is 0.556. The van der Waals surface area contributed by atoms with E-state index >= 15 is 0 Å². The fourth-order valence-corrected chi connectivity index (χ4v) is 2.84. The summed E-state index contributed by atoms with van der Waals surface area (Å²) in [5, 5.41) is 3.94. The summed E-state index contributed by atoms with van der Waals surface area (Å²) in [6.07, 6.45) is 5.18. The zero-order valence-electron chi connectivity index (χ0n) is 7.85. The number of nitrogens with zero attached hydrogens (tertiary/aromatic N) is 2. The highest BCUT2D eigenvalue weighted by atomic mass is 32.2. The van der Waals surface area contributed by atoms with E-state index in [1.54, 1.807) is 18.5 Å². The molecule has 2 heterocycles. The maximum atomic E-state index is 12.0. The Morgan fingerprint density at radius 3 is 2.57 bits per heavy atom. The van der Waals surface area contributed by atoms with Gasteiger partial charge in [0.25, 0.3) is 0 Å². The van der Waals surface area contributed by atoms with Crippen molar-refractivity contribution in [2.75, 3.05) is 13.1 Å². The van der Waals surface area contributed by atoms with Gasteiger partial charge in [-0.15, -0.1) is 0 Å². The summed E-state index contributed by atoms with van der Waals surface area (Å²) in [7, 11) is -1.03. The average Bonchev–Trinajstić information content (AvgIpc) is 2.30. The van der Waals surface area contributed by atoms with Gasteiger partial charge in [-0.2, -0.15) is 0 Å². The van der Waals surface area contributed by atoms with Crippen LogP contribution >= 0.6 is 0 Å². The summed E-state index contributed by atoms with van der Waals surface area (Å²) < 4.78 is 12.0. The molecule has 0 spiro atoms. The standard InChI is InChI=1S/C9H13N3OS/c13-14(8-2-6-10-7-3-8)9-11-4-1-5-12-9/h1,4-5,8,10H,2-3,6-7H2/t14-/m0/s1. The van der Waals surface area contributed by atoms with Gasteiger partial charge in [0.15, 0.2) is 0 Å². The summed E-state index contributed by atoms with van der Waals surface area (Å²) in [6, 6.07) is 1.74. The molecular formula is C9H13N3OS. The minimum atomic E-state index is -1.03. The van der Waals surface area contributed by atoms with Crippen LogP contribution < -0.4 is 5.32 Å². The molecule has 0 aliphatic carbocycles. The molecule has 5 heteroatoms. The van der Waals surface area contributed by atoms with Crippen molar-refractivity contribution in [2.45, 2.75) is 23.2 Å². The summed E-state index contributed by atoms with van der Waals surface area (Å²) in [4.78, 5) is 8.04. The van der Waals surface area contributed by atoms with Gasteiger partial charge in [0.05, 0.1) is 10.8 Å². The quantitative estimate of drug-likeness (QED) is 0.717. The molecule has 14 heavy (non-hydrogen) atoms.